The standard InChI is InChI=1S/C2H6NO4P/c3-2(1-7-2)8(4,5)6/h1,3H2,(H2,4,5,6). The molecule has 1 aliphatic rings. The van der Waals surface area contributed by atoms with E-state index in [1.54, 1.807) is 0 Å². The van der Waals surface area contributed by atoms with Crippen molar-refractivity contribution in [3.63, 3.8) is 0 Å². The number of rotatable bonds is 1. The molecule has 0 aromatic rings. The Hall–Kier alpha value is 0.0700. The fourth-order valence-electron chi connectivity index (χ4n) is 0.242. The Balaban J connectivity index is 2.73. The van der Waals surface area contributed by atoms with Crippen molar-refractivity contribution >= 4 is 7.60 Å². The normalized spacial score (nSPS) is 37.4. The smallest absolute Gasteiger partial charge is 0.343 e. The van der Waals surface area contributed by atoms with Gasteiger partial charge in [0.15, 0.2) is 0 Å². The maximum atomic E-state index is 10.2. The number of hydrogen-bond donors (Lipinski definition) is 3. The summed E-state index contributed by atoms with van der Waals surface area (Å²) in [4.78, 5) is 16.6. The predicted molar refractivity (Wildman–Crippen MR) is 24.9 cm³/mol. The summed E-state index contributed by atoms with van der Waals surface area (Å²) < 4.78 is 14.4. The van der Waals surface area contributed by atoms with Crippen LogP contribution in [0.3, 0.4) is 0 Å². The van der Waals surface area contributed by atoms with E-state index in [4.69, 9.17) is 15.5 Å². The fraction of sp³-hybridized carbons (Fsp3) is 1.00. The average molecular weight is 139 g/mol. The first-order valence-corrected chi connectivity index (χ1v) is 3.55. The fourth-order valence-corrected chi connectivity index (χ4v) is 0.643. The lowest BCUT2D eigenvalue weighted by atomic mass is 10.8. The molecule has 6 heteroatoms. The van der Waals surface area contributed by atoms with Crippen molar-refractivity contribution in [2.45, 2.75) is 5.47 Å². The molecule has 0 aromatic carbocycles. The zero-order valence-corrected chi connectivity index (χ0v) is 4.84. The summed E-state index contributed by atoms with van der Waals surface area (Å²) >= 11 is 0. The summed E-state index contributed by atoms with van der Waals surface area (Å²) in [5.41, 5.74) is 3.29. The van der Waals surface area contributed by atoms with Gasteiger partial charge in [-0.15, -0.1) is 0 Å². The van der Waals surface area contributed by atoms with E-state index >= 15 is 0 Å². The van der Waals surface area contributed by atoms with Crippen molar-refractivity contribution in [3.8, 4) is 0 Å². The molecule has 1 rings (SSSR count). The van der Waals surface area contributed by atoms with Crippen molar-refractivity contribution in [3.05, 3.63) is 0 Å². The molecule has 1 unspecified atom stereocenters. The lowest BCUT2D eigenvalue weighted by Crippen LogP contribution is -2.23. The van der Waals surface area contributed by atoms with Gasteiger partial charge in [0.2, 0.25) is 5.47 Å². The van der Waals surface area contributed by atoms with Crippen LogP contribution in [0.5, 0.6) is 0 Å². The number of ether oxygens (including phenoxy) is 1. The third-order valence-corrected chi connectivity index (χ3v) is 2.18. The molecule has 0 spiro atoms. The van der Waals surface area contributed by atoms with Crippen LogP contribution in [0, 0.1) is 0 Å². The van der Waals surface area contributed by atoms with Gasteiger partial charge in [0.05, 0.1) is 0 Å². The summed E-state index contributed by atoms with van der Waals surface area (Å²) in [5, 5.41) is 0. The highest BCUT2D eigenvalue weighted by Gasteiger charge is 2.56. The Morgan fingerprint density at radius 2 is 2.12 bits per heavy atom. The second-order valence-corrected chi connectivity index (χ2v) is 3.52. The second-order valence-electron chi connectivity index (χ2n) is 1.68. The predicted octanol–water partition coefficient (Wildman–Crippen LogP) is -1.19. The molecule has 1 heterocycles. The summed E-state index contributed by atoms with van der Waals surface area (Å²) in [6.07, 6.45) is 0. The van der Waals surface area contributed by atoms with Crippen LogP contribution in [0.25, 0.3) is 0 Å². The highest BCUT2D eigenvalue weighted by Crippen LogP contribution is 2.54. The molecule has 1 saturated heterocycles. The van der Waals surface area contributed by atoms with Crippen LogP contribution >= 0.6 is 7.60 Å². The molecule has 0 amide bonds. The zero-order chi connectivity index (χ0) is 6.41. The first-order valence-electron chi connectivity index (χ1n) is 1.94. The van der Waals surface area contributed by atoms with E-state index in [0.717, 1.165) is 0 Å². The van der Waals surface area contributed by atoms with Crippen molar-refractivity contribution in [1.29, 1.82) is 0 Å². The molecule has 0 aromatic heterocycles. The summed E-state index contributed by atoms with van der Waals surface area (Å²) in [5.74, 6) is 0. The third kappa shape index (κ3) is 0.788. The average Bonchev–Trinajstić information content (AvgIpc) is 2.16. The van der Waals surface area contributed by atoms with Crippen LogP contribution in [-0.4, -0.2) is 21.9 Å². The van der Waals surface area contributed by atoms with Gasteiger partial charge in [-0.3, -0.25) is 10.3 Å². The second kappa shape index (κ2) is 1.32. The molecule has 1 aliphatic heterocycles. The maximum absolute atomic E-state index is 10.2. The quantitative estimate of drug-likeness (QED) is 0.313. The molecule has 4 N–H and O–H groups in total. The van der Waals surface area contributed by atoms with Crippen LogP contribution in [0.15, 0.2) is 0 Å². The topological polar surface area (TPSA) is 96.1 Å². The van der Waals surface area contributed by atoms with Crippen molar-refractivity contribution < 1.29 is 19.1 Å². The Labute approximate surface area is 45.6 Å². The van der Waals surface area contributed by atoms with E-state index in [9.17, 15) is 4.57 Å². The molecular weight excluding hydrogens is 133 g/mol. The minimum Gasteiger partial charge on any atom is -0.343 e. The molecule has 1 fully saturated rings. The number of nitrogens with two attached hydrogens (primary N) is 1. The highest BCUT2D eigenvalue weighted by atomic mass is 31.2. The first-order chi connectivity index (χ1) is 3.46. The Bertz CT molecular complexity index is 146. The molecule has 0 aliphatic carbocycles. The molecular formula is C2H6NO4P. The van der Waals surface area contributed by atoms with Gasteiger partial charge in [-0.05, 0) is 0 Å². The lowest BCUT2D eigenvalue weighted by molar-refractivity contribution is 0.291. The number of epoxide rings is 1. The van der Waals surface area contributed by atoms with Crippen molar-refractivity contribution in [2.24, 2.45) is 5.73 Å². The molecule has 0 radical (unpaired) electrons. The van der Waals surface area contributed by atoms with Gasteiger partial charge in [-0.2, -0.15) is 0 Å². The molecule has 0 bridgehead atoms. The van der Waals surface area contributed by atoms with Crippen LogP contribution in [0.1, 0.15) is 0 Å². The Morgan fingerprint density at radius 3 is 2.12 bits per heavy atom. The van der Waals surface area contributed by atoms with Gasteiger partial charge in [0.25, 0.3) is 0 Å². The number of hydrogen-bond acceptors (Lipinski definition) is 3. The van der Waals surface area contributed by atoms with Gasteiger partial charge >= 0.3 is 7.60 Å². The molecule has 5 nitrogen and oxygen atoms in total. The first kappa shape index (κ1) is 6.19. The van der Waals surface area contributed by atoms with E-state index in [2.05, 4.69) is 4.74 Å². The van der Waals surface area contributed by atoms with Gasteiger partial charge in [-0.25, -0.2) is 0 Å². The van der Waals surface area contributed by atoms with Crippen molar-refractivity contribution in [2.75, 3.05) is 6.61 Å². The summed E-state index contributed by atoms with van der Waals surface area (Å²) in [7, 11) is -4.18. The SMILES string of the molecule is NC1(P(=O)(O)O)CO1. The van der Waals surface area contributed by atoms with Crippen molar-refractivity contribution in [1.82, 2.24) is 0 Å². The zero-order valence-electron chi connectivity index (χ0n) is 3.94. The van der Waals surface area contributed by atoms with Gasteiger partial charge in [-0.1, -0.05) is 0 Å². The Morgan fingerprint density at radius 1 is 1.75 bits per heavy atom. The minimum absolute atomic E-state index is 0.0444. The summed E-state index contributed by atoms with van der Waals surface area (Å²) in [6, 6.07) is 0. The van der Waals surface area contributed by atoms with Crippen LogP contribution in [0.4, 0.5) is 0 Å². The van der Waals surface area contributed by atoms with Crippen LogP contribution in [-0.2, 0) is 9.30 Å². The molecule has 48 valence electrons. The lowest BCUT2D eigenvalue weighted by Gasteiger charge is -2.04. The molecule has 8 heavy (non-hydrogen) atoms. The van der Waals surface area contributed by atoms with E-state index in [1.165, 1.54) is 0 Å². The third-order valence-electron chi connectivity index (χ3n) is 0.933. The van der Waals surface area contributed by atoms with E-state index in [1.807, 2.05) is 0 Å². The monoisotopic (exact) mass is 139 g/mol. The van der Waals surface area contributed by atoms with Crippen LogP contribution < -0.4 is 5.73 Å². The largest absolute Gasteiger partial charge is 0.374 e. The maximum Gasteiger partial charge on any atom is 0.374 e. The van der Waals surface area contributed by atoms with Gasteiger partial charge in [0, 0.05) is 0 Å². The van der Waals surface area contributed by atoms with E-state index in [0.29, 0.717) is 0 Å². The minimum atomic E-state index is -4.18. The van der Waals surface area contributed by atoms with E-state index in [-0.39, 0.29) is 6.61 Å². The van der Waals surface area contributed by atoms with E-state index < -0.39 is 13.1 Å². The Kier molecular flexibility index (Phi) is 1.02. The van der Waals surface area contributed by atoms with Gasteiger partial charge in [0.1, 0.15) is 6.61 Å². The van der Waals surface area contributed by atoms with Gasteiger partial charge < -0.3 is 14.5 Å². The molecule has 1 atom stereocenters. The molecule has 0 saturated carbocycles. The highest BCUT2D eigenvalue weighted by molar-refractivity contribution is 7.53. The van der Waals surface area contributed by atoms with Crippen LogP contribution in [0.2, 0.25) is 0 Å². The summed E-state index contributed by atoms with van der Waals surface area (Å²) in [6.45, 7) is -0.0444.